The maximum Gasteiger partial charge on any atom is 0.335 e. The number of hydrazone groups is 1. The molecule has 41 heavy (non-hydrogen) atoms. The quantitative estimate of drug-likeness (QED) is 0.255. The predicted octanol–water partition coefficient (Wildman–Crippen LogP) is 6.85. The van der Waals surface area contributed by atoms with Gasteiger partial charge in [0.25, 0.3) is 5.91 Å². The first-order valence-corrected chi connectivity index (χ1v) is 13.4. The Labute approximate surface area is 238 Å². The first-order chi connectivity index (χ1) is 19.9. The van der Waals surface area contributed by atoms with Crippen molar-refractivity contribution in [2.75, 3.05) is 0 Å². The number of para-hydroxylation sites is 1. The standard InChI is InChI=1S/C34H28N4O3/c1-22-11-15-24(16-12-22)30-20-31(38(35-30)33(39)26-7-6-8-27(19-26)34(40)41)29-21-37(28-9-4-3-5-10-28)36-32(29)25-17-13-23(2)14-18-25/h3-19,21,31H,20H2,1-2H3,(H,40,41). The zero-order chi connectivity index (χ0) is 28.5. The molecule has 0 fully saturated rings. The molecule has 0 bridgehead atoms. The second kappa shape index (κ2) is 10.7. The van der Waals surface area contributed by atoms with Crippen molar-refractivity contribution in [2.45, 2.75) is 26.3 Å². The van der Waals surface area contributed by atoms with Crippen LogP contribution < -0.4 is 0 Å². The monoisotopic (exact) mass is 540 g/mol. The van der Waals surface area contributed by atoms with Crippen molar-refractivity contribution in [2.24, 2.45) is 5.10 Å². The zero-order valence-corrected chi connectivity index (χ0v) is 22.7. The number of nitrogens with zero attached hydrogens (tertiary/aromatic N) is 4. The molecule has 1 atom stereocenters. The minimum atomic E-state index is -1.09. The minimum Gasteiger partial charge on any atom is -0.478 e. The lowest BCUT2D eigenvalue weighted by Gasteiger charge is -2.22. The molecule has 4 aromatic carbocycles. The lowest BCUT2D eigenvalue weighted by atomic mass is 9.95. The average Bonchev–Trinajstić information content (AvgIpc) is 3.63. The van der Waals surface area contributed by atoms with E-state index in [2.05, 4.69) is 0 Å². The molecule has 2 heterocycles. The second-order valence-corrected chi connectivity index (χ2v) is 10.2. The average molecular weight is 541 g/mol. The number of amides is 1. The number of hydrogen-bond donors (Lipinski definition) is 1. The molecule has 1 aliphatic rings. The molecule has 202 valence electrons. The van der Waals surface area contributed by atoms with E-state index in [1.54, 1.807) is 12.1 Å². The van der Waals surface area contributed by atoms with Crippen LogP contribution in [0.1, 0.15) is 55.4 Å². The van der Waals surface area contributed by atoms with E-state index in [1.165, 1.54) is 17.1 Å². The van der Waals surface area contributed by atoms with Crippen molar-refractivity contribution in [1.29, 1.82) is 0 Å². The van der Waals surface area contributed by atoms with Crippen LogP contribution in [-0.2, 0) is 0 Å². The van der Waals surface area contributed by atoms with Gasteiger partial charge in [-0.05, 0) is 49.7 Å². The van der Waals surface area contributed by atoms with E-state index in [4.69, 9.17) is 10.2 Å². The van der Waals surface area contributed by atoms with Crippen LogP contribution in [0.5, 0.6) is 0 Å². The van der Waals surface area contributed by atoms with Crippen LogP contribution in [0.3, 0.4) is 0 Å². The molecule has 0 saturated carbocycles. The Bertz CT molecular complexity index is 1770. The largest absolute Gasteiger partial charge is 0.478 e. The normalized spacial score (nSPS) is 14.6. The summed E-state index contributed by atoms with van der Waals surface area (Å²) in [6.45, 7) is 4.07. The van der Waals surface area contributed by atoms with Gasteiger partial charge in [-0.25, -0.2) is 14.5 Å². The summed E-state index contributed by atoms with van der Waals surface area (Å²) in [5.41, 5.74) is 7.74. The fraction of sp³-hybridized carbons (Fsp3) is 0.118. The molecule has 0 spiro atoms. The number of carbonyl (C=O) groups excluding carboxylic acids is 1. The van der Waals surface area contributed by atoms with Crippen LogP contribution in [0.15, 0.2) is 114 Å². The highest BCUT2D eigenvalue weighted by molar-refractivity contribution is 6.05. The van der Waals surface area contributed by atoms with Gasteiger partial charge in [0, 0.05) is 29.3 Å². The van der Waals surface area contributed by atoms with Gasteiger partial charge in [-0.3, -0.25) is 4.79 Å². The van der Waals surface area contributed by atoms with Gasteiger partial charge in [0.05, 0.1) is 28.7 Å². The number of hydrogen-bond acceptors (Lipinski definition) is 4. The van der Waals surface area contributed by atoms with Gasteiger partial charge in [0.2, 0.25) is 0 Å². The fourth-order valence-corrected chi connectivity index (χ4v) is 5.06. The zero-order valence-electron chi connectivity index (χ0n) is 22.7. The third-order valence-electron chi connectivity index (χ3n) is 7.31. The van der Waals surface area contributed by atoms with Crippen LogP contribution in [0.4, 0.5) is 0 Å². The Hall–Kier alpha value is -5.30. The Morgan fingerprint density at radius 3 is 2.07 bits per heavy atom. The molecule has 1 amide bonds. The van der Waals surface area contributed by atoms with Gasteiger partial charge < -0.3 is 5.11 Å². The summed E-state index contributed by atoms with van der Waals surface area (Å²) in [5, 5.41) is 20.8. The number of carbonyl (C=O) groups is 2. The van der Waals surface area contributed by atoms with Crippen LogP contribution in [0, 0.1) is 13.8 Å². The molecule has 5 aromatic rings. The highest BCUT2D eigenvalue weighted by atomic mass is 16.4. The van der Waals surface area contributed by atoms with Crippen LogP contribution in [0.2, 0.25) is 0 Å². The summed E-state index contributed by atoms with van der Waals surface area (Å²) < 4.78 is 1.84. The fourth-order valence-electron chi connectivity index (χ4n) is 5.06. The first kappa shape index (κ1) is 26.0. The summed E-state index contributed by atoms with van der Waals surface area (Å²) in [5.74, 6) is -1.46. The van der Waals surface area contributed by atoms with Crippen molar-refractivity contribution in [3.8, 4) is 16.9 Å². The third kappa shape index (κ3) is 5.17. The third-order valence-corrected chi connectivity index (χ3v) is 7.31. The number of carboxylic acids is 1. The number of aromatic nitrogens is 2. The molecule has 0 aliphatic carbocycles. The van der Waals surface area contributed by atoms with Gasteiger partial charge in [0.15, 0.2) is 0 Å². The molecule has 0 saturated heterocycles. The molecule has 1 N–H and O–H groups in total. The molecule has 7 nitrogen and oxygen atoms in total. The van der Waals surface area contributed by atoms with Crippen molar-refractivity contribution in [3.63, 3.8) is 0 Å². The van der Waals surface area contributed by atoms with Gasteiger partial charge in [0.1, 0.15) is 0 Å². The predicted molar refractivity (Wildman–Crippen MR) is 158 cm³/mol. The summed E-state index contributed by atoms with van der Waals surface area (Å²) in [7, 11) is 0. The first-order valence-electron chi connectivity index (χ1n) is 13.4. The summed E-state index contributed by atoms with van der Waals surface area (Å²) >= 11 is 0. The van der Waals surface area contributed by atoms with E-state index >= 15 is 0 Å². The Morgan fingerprint density at radius 1 is 0.780 bits per heavy atom. The molecular weight excluding hydrogens is 512 g/mol. The SMILES string of the molecule is Cc1ccc(C2=NN(C(=O)c3cccc(C(=O)O)c3)C(c3cn(-c4ccccc4)nc3-c3ccc(C)cc3)C2)cc1. The van der Waals surface area contributed by atoms with E-state index in [0.717, 1.165) is 44.9 Å². The lowest BCUT2D eigenvalue weighted by Crippen LogP contribution is -2.27. The lowest BCUT2D eigenvalue weighted by molar-refractivity contribution is 0.0697. The van der Waals surface area contributed by atoms with Gasteiger partial charge >= 0.3 is 5.97 Å². The topological polar surface area (TPSA) is 87.8 Å². The van der Waals surface area contributed by atoms with E-state index in [-0.39, 0.29) is 17.0 Å². The second-order valence-electron chi connectivity index (χ2n) is 10.2. The molecule has 6 rings (SSSR count). The van der Waals surface area contributed by atoms with Crippen LogP contribution in [0.25, 0.3) is 16.9 Å². The molecule has 7 heteroatoms. The highest BCUT2D eigenvalue weighted by Gasteiger charge is 2.37. The van der Waals surface area contributed by atoms with Crippen molar-refractivity contribution in [1.82, 2.24) is 14.8 Å². The number of aromatic carboxylic acids is 1. The number of carboxylic acid groups (broad SMARTS) is 1. The van der Waals surface area contributed by atoms with Crippen LogP contribution in [-0.4, -0.2) is 37.5 Å². The Morgan fingerprint density at radius 2 is 1.41 bits per heavy atom. The van der Waals surface area contributed by atoms with Gasteiger partial charge in [-0.2, -0.15) is 10.2 Å². The van der Waals surface area contributed by atoms with Crippen molar-refractivity contribution in [3.05, 3.63) is 143 Å². The van der Waals surface area contributed by atoms with Gasteiger partial charge in [-0.15, -0.1) is 0 Å². The minimum absolute atomic E-state index is 0.0478. The number of rotatable bonds is 6. The van der Waals surface area contributed by atoms with E-state index in [0.29, 0.717) is 6.42 Å². The summed E-state index contributed by atoms with van der Waals surface area (Å²) in [6, 6.07) is 31.7. The molecule has 0 radical (unpaired) electrons. The molecule has 1 unspecified atom stereocenters. The van der Waals surface area contributed by atoms with E-state index < -0.39 is 12.0 Å². The van der Waals surface area contributed by atoms with Crippen molar-refractivity contribution >= 4 is 17.6 Å². The summed E-state index contributed by atoms with van der Waals surface area (Å²) in [4.78, 5) is 25.7. The van der Waals surface area contributed by atoms with Crippen LogP contribution >= 0.6 is 0 Å². The molecule has 1 aliphatic heterocycles. The Balaban J connectivity index is 1.49. The smallest absolute Gasteiger partial charge is 0.335 e. The number of benzene rings is 4. The maximum atomic E-state index is 14.0. The highest BCUT2D eigenvalue weighted by Crippen LogP contribution is 2.39. The molecule has 1 aromatic heterocycles. The van der Waals surface area contributed by atoms with Crippen molar-refractivity contribution < 1.29 is 14.7 Å². The van der Waals surface area contributed by atoms with E-state index in [9.17, 15) is 14.7 Å². The molecular formula is C34H28N4O3. The Kier molecular flexibility index (Phi) is 6.77. The van der Waals surface area contributed by atoms with E-state index in [1.807, 2.05) is 104 Å². The maximum absolute atomic E-state index is 14.0. The number of aryl methyl sites for hydroxylation is 2. The van der Waals surface area contributed by atoms with Gasteiger partial charge in [-0.1, -0.05) is 83.9 Å². The summed E-state index contributed by atoms with van der Waals surface area (Å²) in [6.07, 6.45) is 2.45.